The third kappa shape index (κ3) is 0.912. The van der Waals surface area contributed by atoms with Gasteiger partial charge in [-0.2, -0.15) is 0 Å². The highest BCUT2D eigenvalue weighted by Crippen LogP contribution is 2.20. The number of hydrogen-bond acceptors (Lipinski definition) is 5. The maximum absolute atomic E-state index is 5.70. The third-order valence-corrected chi connectivity index (χ3v) is 2.33. The molecular formula is C8H9N5O. The Kier molecular flexibility index (Phi) is 1.45. The van der Waals surface area contributed by atoms with Gasteiger partial charge < -0.3 is 15.0 Å². The van der Waals surface area contributed by atoms with Crippen LogP contribution in [0.3, 0.4) is 0 Å². The molecule has 3 heterocycles. The number of anilines is 1. The average molecular weight is 191 g/mol. The van der Waals surface area contributed by atoms with Crippen LogP contribution in [-0.2, 0) is 17.9 Å². The first-order chi connectivity index (χ1) is 6.86. The van der Waals surface area contributed by atoms with Crippen molar-refractivity contribution in [1.82, 2.24) is 19.5 Å². The van der Waals surface area contributed by atoms with E-state index in [9.17, 15) is 0 Å². The largest absolute Gasteiger partial charge is 0.382 e. The van der Waals surface area contributed by atoms with Crippen molar-refractivity contribution in [2.24, 2.45) is 0 Å². The molecule has 0 unspecified atom stereocenters. The molecule has 3 rings (SSSR count). The Morgan fingerprint density at radius 1 is 1.43 bits per heavy atom. The fraction of sp³-hybridized carbons (Fsp3) is 0.375. The monoisotopic (exact) mass is 191 g/mol. The van der Waals surface area contributed by atoms with Crippen LogP contribution in [-0.4, -0.2) is 26.1 Å². The predicted octanol–water partition coefficient (Wildman–Crippen LogP) is -0.0613. The SMILES string of the molecule is Nc1ncnc2c1nc1n2CCOC1. The minimum absolute atomic E-state index is 0.428. The van der Waals surface area contributed by atoms with Gasteiger partial charge in [-0.25, -0.2) is 15.0 Å². The Morgan fingerprint density at radius 2 is 2.36 bits per heavy atom. The summed E-state index contributed by atoms with van der Waals surface area (Å²) in [5, 5.41) is 0. The molecule has 0 aliphatic carbocycles. The lowest BCUT2D eigenvalue weighted by Gasteiger charge is -2.13. The Morgan fingerprint density at radius 3 is 3.29 bits per heavy atom. The standard InChI is InChI=1S/C8H9N5O/c9-7-6-8(11-4-10-7)13-1-2-14-3-5(13)12-6/h4H,1-3H2,(H2,9,10,11). The Balaban J connectivity index is 2.36. The van der Waals surface area contributed by atoms with Gasteiger partial charge in [0.05, 0.1) is 6.61 Å². The molecule has 0 amide bonds. The normalized spacial score (nSPS) is 15.7. The topological polar surface area (TPSA) is 78.9 Å². The number of rotatable bonds is 0. The third-order valence-electron chi connectivity index (χ3n) is 2.33. The fourth-order valence-corrected chi connectivity index (χ4v) is 1.66. The van der Waals surface area contributed by atoms with E-state index in [0.29, 0.717) is 24.5 Å². The van der Waals surface area contributed by atoms with Gasteiger partial charge in [0.25, 0.3) is 0 Å². The molecule has 72 valence electrons. The van der Waals surface area contributed by atoms with Gasteiger partial charge in [-0.1, -0.05) is 0 Å². The minimum Gasteiger partial charge on any atom is -0.382 e. The maximum Gasteiger partial charge on any atom is 0.165 e. The summed E-state index contributed by atoms with van der Waals surface area (Å²) < 4.78 is 7.32. The van der Waals surface area contributed by atoms with E-state index >= 15 is 0 Å². The van der Waals surface area contributed by atoms with Crippen LogP contribution in [0.2, 0.25) is 0 Å². The van der Waals surface area contributed by atoms with E-state index < -0.39 is 0 Å². The van der Waals surface area contributed by atoms with Crippen molar-refractivity contribution in [2.45, 2.75) is 13.2 Å². The van der Waals surface area contributed by atoms with Gasteiger partial charge in [-0.3, -0.25) is 0 Å². The summed E-state index contributed by atoms with van der Waals surface area (Å²) in [7, 11) is 0. The van der Waals surface area contributed by atoms with Gasteiger partial charge in [-0.15, -0.1) is 0 Å². The second-order valence-electron chi connectivity index (χ2n) is 3.16. The molecule has 0 fully saturated rings. The van der Waals surface area contributed by atoms with E-state index in [1.54, 1.807) is 0 Å². The first-order valence-electron chi connectivity index (χ1n) is 4.39. The number of ether oxygens (including phenoxy) is 1. The summed E-state index contributed by atoms with van der Waals surface area (Å²) in [4.78, 5) is 12.4. The van der Waals surface area contributed by atoms with Crippen LogP contribution in [0, 0.1) is 0 Å². The highest BCUT2D eigenvalue weighted by atomic mass is 16.5. The smallest absolute Gasteiger partial charge is 0.165 e. The van der Waals surface area contributed by atoms with Crippen molar-refractivity contribution >= 4 is 17.0 Å². The van der Waals surface area contributed by atoms with Crippen molar-refractivity contribution in [3.05, 3.63) is 12.2 Å². The van der Waals surface area contributed by atoms with Crippen LogP contribution in [0.4, 0.5) is 5.82 Å². The molecule has 0 saturated carbocycles. The van der Waals surface area contributed by atoms with Gasteiger partial charge in [0, 0.05) is 6.54 Å². The molecule has 1 aliphatic heterocycles. The molecule has 0 radical (unpaired) electrons. The molecule has 0 atom stereocenters. The highest BCUT2D eigenvalue weighted by Gasteiger charge is 2.17. The molecule has 2 aromatic rings. The van der Waals surface area contributed by atoms with Crippen LogP contribution in [0.5, 0.6) is 0 Å². The molecule has 14 heavy (non-hydrogen) atoms. The molecule has 0 saturated heterocycles. The number of imidazole rings is 1. The number of nitrogens with two attached hydrogens (primary N) is 1. The molecule has 0 spiro atoms. The zero-order chi connectivity index (χ0) is 9.54. The van der Waals surface area contributed by atoms with Crippen molar-refractivity contribution in [1.29, 1.82) is 0 Å². The number of aromatic nitrogens is 4. The van der Waals surface area contributed by atoms with Crippen molar-refractivity contribution < 1.29 is 4.74 Å². The molecule has 1 aliphatic rings. The summed E-state index contributed by atoms with van der Waals surface area (Å²) in [6.07, 6.45) is 1.46. The van der Waals surface area contributed by atoms with Gasteiger partial charge in [-0.05, 0) is 0 Å². The molecule has 2 aromatic heterocycles. The lowest BCUT2D eigenvalue weighted by Crippen LogP contribution is -2.16. The summed E-state index contributed by atoms with van der Waals surface area (Å²) in [6.45, 7) is 2.00. The predicted molar refractivity (Wildman–Crippen MR) is 49.4 cm³/mol. The number of nitrogens with zero attached hydrogens (tertiary/aromatic N) is 4. The molecule has 6 nitrogen and oxygen atoms in total. The average Bonchev–Trinajstić information content (AvgIpc) is 2.59. The molecule has 2 N–H and O–H groups in total. The first-order valence-corrected chi connectivity index (χ1v) is 4.39. The van der Waals surface area contributed by atoms with E-state index in [2.05, 4.69) is 15.0 Å². The first kappa shape index (κ1) is 7.69. The van der Waals surface area contributed by atoms with Gasteiger partial charge in [0.2, 0.25) is 0 Å². The van der Waals surface area contributed by atoms with Crippen molar-refractivity contribution in [2.75, 3.05) is 12.3 Å². The molecule has 0 bridgehead atoms. The van der Waals surface area contributed by atoms with E-state index in [-0.39, 0.29) is 0 Å². The second-order valence-corrected chi connectivity index (χ2v) is 3.16. The van der Waals surface area contributed by atoms with E-state index in [1.807, 2.05) is 4.57 Å². The van der Waals surface area contributed by atoms with Crippen LogP contribution in [0.25, 0.3) is 11.2 Å². The highest BCUT2D eigenvalue weighted by molar-refractivity contribution is 5.81. The fourth-order valence-electron chi connectivity index (χ4n) is 1.66. The minimum atomic E-state index is 0.428. The maximum atomic E-state index is 5.70. The van der Waals surface area contributed by atoms with Crippen molar-refractivity contribution in [3.8, 4) is 0 Å². The number of hydrogen-bond donors (Lipinski definition) is 1. The van der Waals surface area contributed by atoms with E-state index in [4.69, 9.17) is 10.5 Å². The van der Waals surface area contributed by atoms with Crippen LogP contribution in [0.15, 0.2) is 6.33 Å². The second kappa shape index (κ2) is 2.65. The number of nitrogen functional groups attached to an aromatic ring is 1. The number of fused-ring (bicyclic) bond motifs is 3. The van der Waals surface area contributed by atoms with E-state index in [1.165, 1.54) is 6.33 Å². The van der Waals surface area contributed by atoms with Gasteiger partial charge in [0.15, 0.2) is 17.0 Å². The Labute approximate surface area is 79.7 Å². The quantitative estimate of drug-likeness (QED) is 0.631. The summed E-state index contributed by atoms with van der Waals surface area (Å²) in [5.74, 6) is 1.30. The van der Waals surface area contributed by atoms with Gasteiger partial charge >= 0.3 is 0 Å². The van der Waals surface area contributed by atoms with Gasteiger partial charge in [0.1, 0.15) is 18.8 Å². The summed E-state index contributed by atoms with van der Waals surface area (Å²) in [5.41, 5.74) is 7.18. The van der Waals surface area contributed by atoms with E-state index in [0.717, 1.165) is 18.0 Å². The molecule has 0 aromatic carbocycles. The van der Waals surface area contributed by atoms with Crippen LogP contribution < -0.4 is 5.73 Å². The zero-order valence-corrected chi connectivity index (χ0v) is 7.47. The summed E-state index contributed by atoms with van der Waals surface area (Å²) in [6, 6.07) is 0. The lowest BCUT2D eigenvalue weighted by atomic mass is 10.5. The summed E-state index contributed by atoms with van der Waals surface area (Å²) >= 11 is 0. The zero-order valence-electron chi connectivity index (χ0n) is 7.47. The van der Waals surface area contributed by atoms with Crippen molar-refractivity contribution in [3.63, 3.8) is 0 Å². The Bertz CT molecular complexity index is 492. The lowest BCUT2D eigenvalue weighted by molar-refractivity contribution is 0.0828. The molecule has 6 heteroatoms. The Hall–Kier alpha value is -1.69. The molecular weight excluding hydrogens is 182 g/mol. The van der Waals surface area contributed by atoms with Crippen LogP contribution in [0.1, 0.15) is 5.82 Å². The van der Waals surface area contributed by atoms with Crippen LogP contribution >= 0.6 is 0 Å².